The molecule has 3 rings (SSSR count). The Bertz CT molecular complexity index is 363. The van der Waals surface area contributed by atoms with E-state index < -0.39 is 0 Å². The van der Waals surface area contributed by atoms with Crippen LogP contribution < -0.4 is 5.32 Å². The molecule has 0 unspecified atom stereocenters. The normalized spacial score (nSPS) is 36.3. The number of piperidine rings is 1. The Hall–Kier alpha value is -0.970. The standard InChI is InChI=1S/C13H23N5/c1-9-6-12-7-10(2-4-11(12)8-14-9)3-5-13-15-17-18-16-13/h9-12,14H,2-8H2,1H3,(H,15,16,17,18)/t9-,10-,11+,12+/m1/s1. The quantitative estimate of drug-likeness (QED) is 0.853. The van der Waals surface area contributed by atoms with Gasteiger partial charge in [-0.15, -0.1) is 5.10 Å². The van der Waals surface area contributed by atoms with Crippen LogP contribution in [0, 0.1) is 17.8 Å². The largest absolute Gasteiger partial charge is 0.314 e. The molecule has 1 saturated carbocycles. The van der Waals surface area contributed by atoms with E-state index in [2.05, 4.69) is 32.9 Å². The highest BCUT2D eigenvalue weighted by molar-refractivity contribution is 4.89. The summed E-state index contributed by atoms with van der Waals surface area (Å²) in [6.07, 6.45) is 7.82. The molecule has 1 aliphatic carbocycles. The van der Waals surface area contributed by atoms with Gasteiger partial charge in [-0.2, -0.15) is 0 Å². The van der Waals surface area contributed by atoms with Crippen LogP contribution in [-0.2, 0) is 6.42 Å². The molecular weight excluding hydrogens is 226 g/mol. The highest BCUT2D eigenvalue weighted by atomic mass is 15.5. The van der Waals surface area contributed by atoms with Gasteiger partial charge in [0.1, 0.15) is 5.82 Å². The van der Waals surface area contributed by atoms with Gasteiger partial charge in [-0.1, -0.05) is 6.42 Å². The zero-order valence-corrected chi connectivity index (χ0v) is 11.1. The molecule has 4 atom stereocenters. The summed E-state index contributed by atoms with van der Waals surface area (Å²) in [4.78, 5) is 0. The van der Waals surface area contributed by atoms with Crippen molar-refractivity contribution in [3.63, 3.8) is 0 Å². The van der Waals surface area contributed by atoms with Crippen molar-refractivity contribution in [2.24, 2.45) is 17.8 Å². The van der Waals surface area contributed by atoms with Crippen molar-refractivity contribution in [1.29, 1.82) is 0 Å². The summed E-state index contributed by atoms with van der Waals surface area (Å²) in [7, 11) is 0. The Morgan fingerprint density at radius 3 is 3.00 bits per heavy atom. The molecule has 0 bridgehead atoms. The second-order valence-corrected chi connectivity index (χ2v) is 6.13. The van der Waals surface area contributed by atoms with Crippen molar-refractivity contribution >= 4 is 0 Å². The van der Waals surface area contributed by atoms with Crippen LogP contribution in [0.2, 0.25) is 0 Å². The fourth-order valence-electron chi connectivity index (χ4n) is 3.76. The van der Waals surface area contributed by atoms with Gasteiger partial charge in [-0.05, 0) is 67.3 Å². The van der Waals surface area contributed by atoms with E-state index in [9.17, 15) is 0 Å². The highest BCUT2D eigenvalue weighted by Gasteiger charge is 2.33. The zero-order valence-electron chi connectivity index (χ0n) is 11.1. The molecule has 5 nitrogen and oxygen atoms in total. The van der Waals surface area contributed by atoms with Crippen molar-refractivity contribution in [3.8, 4) is 0 Å². The van der Waals surface area contributed by atoms with Gasteiger partial charge >= 0.3 is 0 Å². The fourth-order valence-corrected chi connectivity index (χ4v) is 3.76. The Labute approximate surface area is 108 Å². The van der Waals surface area contributed by atoms with E-state index in [1.54, 1.807) is 0 Å². The number of fused-ring (bicyclic) bond motifs is 1. The van der Waals surface area contributed by atoms with E-state index in [1.807, 2.05) is 0 Å². The molecule has 18 heavy (non-hydrogen) atoms. The SMILES string of the molecule is C[C@@H]1C[C@H]2C[C@@H](CCc3nnn[nH]3)CC[C@H]2CN1. The molecule has 0 spiro atoms. The number of hydrogen-bond acceptors (Lipinski definition) is 4. The molecule has 1 saturated heterocycles. The van der Waals surface area contributed by atoms with Gasteiger partial charge in [0.25, 0.3) is 0 Å². The van der Waals surface area contributed by atoms with Crippen LogP contribution in [0.3, 0.4) is 0 Å². The number of aromatic amines is 1. The van der Waals surface area contributed by atoms with Gasteiger partial charge in [-0.25, -0.2) is 5.10 Å². The highest BCUT2D eigenvalue weighted by Crippen LogP contribution is 2.39. The maximum atomic E-state index is 3.97. The Morgan fingerprint density at radius 1 is 1.22 bits per heavy atom. The third-order valence-corrected chi connectivity index (χ3v) is 4.81. The second-order valence-electron chi connectivity index (χ2n) is 6.13. The summed E-state index contributed by atoms with van der Waals surface area (Å²) < 4.78 is 0. The summed E-state index contributed by atoms with van der Waals surface area (Å²) >= 11 is 0. The molecule has 0 radical (unpaired) electrons. The minimum atomic E-state index is 0.712. The van der Waals surface area contributed by atoms with Crippen molar-refractivity contribution in [1.82, 2.24) is 25.9 Å². The van der Waals surface area contributed by atoms with Gasteiger partial charge in [0.2, 0.25) is 0 Å². The molecular formula is C13H23N5. The minimum Gasteiger partial charge on any atom is -0.314 e. The third-order valence-electron chi connectivity index (χ3n) is 4.81. The summed E-state index contributed by atoms with van der Waals surface area (Å²) in [6.45, 7) is 3.56. The van der Waals surface area contributed by atoms with E-state index in [1.165, 1.54) is 38.6 Å². The molecule has 5 heteroatoms. The molecule has 2 aliphatic rings. The van der Waals surface area contributed by atoms with Crippen LogP contribution in [0.4, 0.5) is 0 Å². The zero-order chi connectivity index (χ0) is 12.4. The maximum Gasteiger partial charge on any atom is 0.148 e. The van der Waals surface area contributed by atoms with Gasteiger partial charge in [0, 0.05) is 12.5 Å². The maximum absolute atomic E-state index is 3.97. The molecule has 1 aromatic heterocycles. The van der Waals surface area contributed by atoms with Crippen LogP contribution >= 0.6 is 0 Å². The number of aromatic nitrogens is 4. The lowest BCUT2D eigenvalue weighted by Crippen LogP contribution is -2.44. The van der Waals surface area contributed by atoms with Gasteiger partial charge < -0.3 is 5.32 Å². The third kappa shape index (κ3) is 2.71. The molecule has 100 valence electrons. The van der Waals surface area contributed by atoms with Gasteiger partial charge in [-0.3, -0.25) is 0 Å². The molecule has 1 aliphatic heterocycles. The van der Waals surface area contributed by atoms with Crippen LogP contribution in [0.25, 0.3) is 0 Å². The van der Waals surface area contributed by atoms with Crippen molar-refractivity contribution in [2.45, 2.75) is 51.5 Å². The summed E-state index contributed by atoms with van der Waals surface area (Å²) in [5.74, 6) is 3.70. The van der Waals surface area contributed by atoms with E-state index in [0.29, 0.717) is 6.04 Å². The number of rotatable bonds is 3. The van der Waals surface area contributed by atoms with E-state index in [-0.39, 0.29) is 0 Å². The number of nitrogens with one attached hydrogen (secondary N) is 2. The van der Waals surface area contributed by atoms with Gasteiger partial charge in [0.05, 0.1) is 0 Å². The first kappa shape index (κ1) is 12.1. The molecule has 0 amide bonds. The van der Waals surface area contributed by atoms with Crippen LogP contribution in [0.5, 0.6) is 0 Å². The fraction of sp³-hybridized carbons (Fsp3) is 0.923. The van der Waals surface area contributed by atoms with Crippen molar-refractivity contribution in [3.05, 3.63) is 5.82 Å². The number of aryl methyl sites for hydroxylation is 1. The summed E-state index contributed by atoms with van der Waals surface area (Å²) in [6, 6.07) is 0.712. The predicted octanol–water partition coefficient (Wildman–Crippen LogP) is 1.55. The van der Waals surface area contributed by atoms with E-state index >= 15 is 0 Å². The number of hydrogen-bond donors (Lipinski definition) is 2. The number of H-pyrrole nitrogens is 1. The van der Waals surface area contributed by atoms with Crippen LogP contribution in [0.15, 0.2) is 0 Å². The molecule has 2 fully saturated rings. The first-order chi connectivity index (χ1) is 8.81. The van der Waals surface area contributed by atoms with Crippen LogP contribution in [0.1, 0.15) is 44.9 Å². The molecule has 2 heterocycles. The first-order valence-electron chi connectivity index (χ1n) is 7.27. The summed E-state index contributed by atoms with van der Waals surface area (Å²) in [5, 5.41) is 17.7. The molecule has 2 N–H and O–H groups in total. The number of nitrogens with zero attached hydrogens (tertiary/aromatic N) is 3. The van der Waals surface area contributed by atoms with Crippen LogP contribution in [-0.4, -0.2) is 33.2 Å². The smallest absolute Gasteiger partial charge is 0.148 e. The molecule has 1 aromatic rings. The lowest BCUT2D eigenvalue weighted by molar-refractivity contribution is 0.118. The first-order valence-corrected chi connectivity index (χ1v) is 7.27. The average molecular weight is 249 g/mol. The topological polar surface area (TPSA) is 66.5 Å². The molecule has 0 aromatic carbocycles. The lowest BCUT2D eigenvalue weighted by Gasteiger charge is -2.42. The van der Waals surface area contributed by atoms with Gasteiger partial charge in [0.15, 0.2) is 0 Å². The van der Waals surface area contributed by atoms with Crippen molar-refractivity contribution < 1.29 is 0 Å². The minimum absolute atomic E-state index is 0.712. The summed E-state index contributed by atoms with van der Waals surface area (Å²) in [5.41, 5.74) is 0. The van der Waals surface area contributed by atoms with E-state index in [4.69, 9.17) is 0 Å². The Morgan fingerprint density at radius 2 is 2.17 bits per heavy atom. The Balaban J connectivity index is 1.50. The van der Waals surface area contributed by atoms with Crippen molar-refractivity contribution in [2.75, 3.05) is 6.54 Å². The number of tetrazole rings is 1. The monoisotopic (exact) mass is 249 g/mol. The van der Waals surface area contributed by atoms with E-state index in [0.717, 1.165) is 30.0 Å². The Kier molecular flexibility index (Phi) is 3.59. The predicted molar refractivity (Wildman–Crippen MR) is 68.9 cm³/mol. The average Bonchev–Trinajstić information content (AvgIpc) is 2.89. The second kappa shape index (κ2) is 5.34. The lowest BCUT2D eigenvalue weighted by atomic mass is 9.69.